The van der Waals surface area contributed by atoms with Crippen LogP contribution < -0.4 is 10.6 Å². The van der Waals surface area contributed by atoms with E-state index in [1.807, 2.05) is 25.1 Å². The molecule has 0 fully saturated rings. The molecule has 2 aromatic heterocycles. The number of amides is 2. The van der Waals surface area contributed by atoms with Crippen LogP contribution in [0.25, 0.3) is 11.0 Å². The first-order valence-electron chi connectivity index (χ1n) is 7.96. The standard InChI is InChI=1S/C17H20N6O2/c1-9(2)11-6-5-7-12(8-11)18-16(24)17(25)19-14-13-10(3)22-23(4)15(13)21-20-14/h5-9H,1-4H3,(H,18,24)(H2,19,20,21,25). The lowest BCUT2D eigenvalue weighted by Crippen LogP contribution is -2.29. The number of hydrogen-bond donors (Lipinski definition) is 3. The maximum absolute atomic E-state index is 12.2. The van der Waals surface area contributed by atoms with Gasteiger partial charge in [-0.05, 0) is 30.5 Å². The summed E-state index contributed by atoms with van der Waals surface area (Å²) in [6.45, 7) is 5.94. The molecule has 0 aliphatic rings. The van der Waals surface area contributed by atoms with Gasteiger partial charge in [-0.1, -0.05) is 26.0 Å². The van der Waals surface area contributed by atoms with E-state index in [9.17, 15) is 9.59 Å². The Kier molecular flexibility index (Phi) is 4.26. The number of nitrogens with one attached hydrogen (secondary N) is 3. The SMILES string of the molecule is Cc1nn(C)c2n[nH]c(NC(=O)C(=O)Nc3cccc(C(C)C)c3)c12. The molecule has 8 heteroatoms. The summed E-state index contributed by atoms with van der Waals surface area (Å²) in [5, 5.41) is 16.9. The van der Waals surface area contributed by atoms with Crippen LogP contribution in [0.5, 0.6) is 0 Å². The molecule has 0 radical (unpaired) electrons. The summed E-state index contributed by atoms with van der Waals surface area (Å²) in [6, 6.07) is 7.43. The van der Waals surface area contributed by atoms with E-state index in [0.29, 0.717) is 34.2 Å². The van der Waals surface area contributed by atoms with Crippen LogP contribution in [0.3, 0.4) is 0 Å². The van der Waals surface area contributed by atoms with E-state index >= 15 is 0 Å². The lowest BCUT2D eigenvalue weighted by Gasteiger charge is -2.09. The molecule has 0 aliphatic carbocycles. The zero-order valence-electron chi connectivity index (χ0n) is 14.5. The van der Waals surface area contributed by atoms with Gasteiger partial charge >= 0.3 is 11.8 Å². The highest BCUT2D eigenvalue weighted by molar-refractivity contribution is 6.44. The highest BCUT2D eigenvalue weighted by atomic mass is 16.2. The minimum atomic E-state index is -0.774. The van der Waals surface area contributed by atoms with E-state index in [2.05, 4.69) is 39.8 Å². The first kappa shape index (κ1) is 16.7. The Morgan fingerprint density at radius 1 is 1.20 bits per heavy atom. The summed E-state index contributed by atoms with van der Waals surface area (Å²) in [5.74, 6) is -0.830. The molecule has 0 unspecified atom stereocenters. The molecule has 0 aliphatic heterocycles. The maximum Gasteiger partial charge on any atom is 0.315 e. The predicted molar refractivity (Wildman–Crippen MR) is 95.4 cm³/mol. The van der Waals surface area contributed by atoms with Gasteiger partial charge in [-0.25, -0.2) is 4.68 Å². The third-order valence-corrected chi connectivity index (χ3v) is 3.97. The topological polar surface area (TPSA) is 105 Å². The van der Waals surface area contributed by atoms with Gasteiger partial charge in [0, 0.05) is 12.7 Å². The largest absolute Gasteiger partial charge is 0.318 e. The number of hydrogen-bond acceptors (Lipinski definition) is 4. The van der Waals surface area contributed by atoms with Crippen molar-refractivity contribution in [2.75, 3.05) is 10.6 Å². The number of carbonyl (C=O) groups is 2. The van der Waals surface area contributed by atoms with Gasteiger partial charge in [-0.3, -0.25) is 14.7 Å². The zero-order chi connectivity index (χ0) is 18.1. The monoisotopic (exact) mass is 340 g/mol. The van der Waals surface area contributed by atoms with Crippen molar-refractivity contribution in [3.63, 3.8) is 0 Å². The van der Waals surface area contributed by atoms with Gasteiger partial charge in [0.25, 0.3) is 0 Å². The maximum atomic E-state index is 12.2. The van der Waals surface area contributed by atoms with Crippen molar-refractivity contribution in [2.45, 2.75) is 26.7 Å². The molecule has 3 rings (SSSR count). The van der Waals surface area contributed by atoms with E-state index in [1.165, 1.54) is 0 Å². The fourth-order valence-electron chi connectivity index (χ4n) is 2.66. The number of aromatic amines is 1. The molecule has 0 saturated heterocycles. The summed E-state index contributed by atoms with van der Waals surface area (Å²) >= 11 is 0. The average molecular weight is 340 g/mol. The summed E-state index contributed by atoms with van der Waals surface area (Å²) in [5.41, 5.74) is 2.99. The Morgan fingerprint density at radius 3 is 2.64 bits per heavy atom. The van der Waals surface area contributed by atoms with Crippen LogP contribution in [0.15, 0.2) is 24.3 Å². The number of aromatic nitrogens is 4. The van der Waals surface area contributed by atoms with Crippen molar-refractivity contribution in [2.24, 2.45) is 7.05 Å². The quantitative estimate of drug-likeness (QED) is 0.636. The van der Waals surface area contributed by atoms with Crippen molar-refractivity contribution < 1.29 is 9.59 Å². The Labute approximate surface area is 144 Å². The second-order valence-electron chi connectivity index (χ2n) is 6.19. The summed E-state index contributed by atoms with van der Waals surface area (Å²) in [4.78, 5) is 24.4. The van der Waals surface area contributed by atoms with Crippen LogP contribution in [0.4, 0.5) is 11.5 Å². The molecule has 8 nitrogen and oxygen atoms in total. The number of H-pyrrole nitrogens is 1. The third-order valence-electron chi connectivity index (χ3n) is 3.97. The number of nitrogens with zero attached hydrogens (tertiary/aromatic N) is 3. The van der Waals surface area contributed by atoms with Crippen LogP contribution in [0.1, 0.15) is 31.0 Å². The molecule has 1 aromatic carbocycles. The minimum absolute atomic E-state index is 0.331. The van der Waals surface area contributed by atoms with E-state index in [-0.39, 0.29) is 0 Å². The number of anilines is 2. The van der Waals surface area contributed by atoms with Gasteiger partial charge in [0.05, 0.1) is 11.1 Å². The third kappa shape index (κ3) is 3.23. The van der Waals surface area contributed by atoms with Gasteiger partial charge in [0.2, 0.25) is 0 Å². The summed E-state index contributed by atoms with van der Waals surface area (Å²) < 4.78 is 1.61. The molecular weight excluding hydrogens is 320 g/mol. The number of rotatable bonds is 3. The number of aryl methyl sites for hydroxylation is 2. The van der Waals surface area contributed by atoms with Gasteiger partial charge in [0.15, 0.2) is 5.65 Å². The molecule has 0 spiro atoms. The van der Waals surface area contributed by atoms with Crippen molar-refractivity contribution in [3.05, 3.63) is 35.5 Å². The molecule has 25 heavy (non-hydrogen) atoms. The van der Waals surface area contributed by atoms with Crippen LogP contribution >= 0.6 is 0 Å². The summed E-state index contributed by atoms with van der Waals surface area (Å²) in [7, 11) is 1.76. The molecular formula is C17H20N6O2. The second kappa shape index (κ2) is 6.39. The van der Waals surface area contributed by atoms with Crippen LogP contribution in [-0.4, -0.2) is 31.8 Å². The molecule has 2 heterocycles. The van der Waals surface area contributed by atoms with E-state index in [1.54, 1.807) is 17.8 Å². The molecule has 2 amide bonds. The van der Waals surface area contributed by atoms with E-state index in [0.717, 1.165) is 5.56 Å². The number of fused-ring (bicyclic) bond motifs is 1. The van der Waals surface area contributed by atoms with Crippen molar-refractivity contribution in [1.29, 1.82) is 0 Å². The number of carbonyl (C=O) groups excluding carboxylic acids is 2. The molecule has 3 aromatic rings. The fraction of sp³-hybridized carbons (Fsp3) is 0.294. The van der Waals surface area contributed by atoms with Gasteiger partial charge < -0.3 is 10.6 Å². The Balaban J connectivity index is 1.74. The second-order valence-corrected chi connectivity index (χ2v) is 6.19. The van der Waals surface area contributed by atoms with Crippen LogP contribution in [0, 0.1) is 6.92 Å². The first-order valence-corrected chi connectivity index (χ1v) is 7.96. The van der Waals surface area contributed by atoms with Gasteiger partial charge in [0.1, 0.15) is 5.82 Å². The van der Waals surface area contributed by atoms with Crippen molar-refractivity contribution >= 4 is 34.4 Å². The predicted octanol–water partition coefficient (Wildman–Crippen LogP) is 2.31. The highest BCUT2D eigenvalue weighted by Gasteiger charge is 2.19. The number of benzene rings is 1. The highest BCUT2D eigenvalue weighted by Crippen LogP contribution is 2.23. The minimum Gasteiger partial charge on any atom is -0.318 e. The molecule has 130 valence electrons. The lowest BCUT2D eigenvalue weighted by atomic mass is 10.0. The Hall–Kier alpha value is -3.16. The smallest absolute Gasteiger partial charge is 0.315 e. The Morgan fingerprint density at radius 2 is 1.92 bits per heavy atom. The normalized spacial score (nSPS) is 11.1. The van der Waals surface area contributed by atoms with Crippen molar-refractivity contribution in [1.82, 2.24) is 20.0 Å². The Bertz CT molecular complexity index is 953. The molecule has 0 saturated carbocycles. The van der Waals surface area contributed by atoms with Crippen LogP contribution in [-0.2, 0) is 16.6 Å². The zero-order valence-corrected chi connectivity index (χ0v) is 14.5. The first-order chi connectivity index (χ1) is 11.9. The lowest BCUT2D eigenvalue weighted by molar-refractivity contribution is -0.133. The molecule has 0 bridgehead atoms. The summed E-state index contributed by atoms with van der Waals surface area (Å²) in [6.07, 6.45) is 0. The van der Waals surface area contributed by atoms with Crippen LogP contribution in [0.2, 0.25) is 0 Å². The average Bonchev–Trinajstić information content (AvgIpc) is 3.10. The molecule has 3 N–H and O–H groups in total. The van der Waals surface area contributed by atoms with Gasteiger partial charge in [-0.2, -0.15) is 10.2 Å². The fourth-order valence-corrected chi connectivity index (χ4v) is 2.66. The van der Waals surface area contributed by atoms with E-state index in [4.69, 9.17) is 0 Å². The van der Waals surface area contributed by atoms with E-state index < -0.39 is 11.8 Å². The van der Waals surface area contributed by atoms with Crippen molar-refractivity contribution in [3.8, 4) is 0 Å². The van der Waals surface area contributed by atoms with Gasteiger partial charge in [-0.15, -0.1) is 0 Å². The molecule has 0 atom stereocenters.